The number of rotatable bonds is 6. The lowest BCUT2D eigenvalue weighted by Crippen LogP contribution is -2.34. The molecular weight excluding hydrogens is 291 g/mol. The first-order valence-corrected chi connectivity index (χ1v) is 8.51. The van der Waals surface area contributed by atoms with Gasteiger partial charge >= 0.3 is 0 Å². The number of nitrogens with zero attached hydrogens (tertiary/aromatic N) is 2. The van der Waals surface area contributed by atoms with Crippen LogP contribution in [0.2, 0.25) is 0 Å². The quantitative estimate of drug-likeness (QED) is 0.811. The van der Waals surface area contributed by atoms with E-state index in [-0.39, 0.29) is 16.5 Å². The highest BCUT2D eigenvalue weighted by molar-refractivity contribution is 7.89. The Morgan fingerprint density at radius 1 is 1.43 bits per heavy atom. The summed E-state index contributed by atoms with van der Waals surface area (Å²) < 4.78 is 40.3. The van der Waals surface area contributed by atoms with E-state index in [0.717, 1.165) is 31.4 Å². The predicted octanol–water partition coefficient (Wildman–Crippen LogP) is 2.90. The first kappa shape index (κ1) is 15.9. The van der Waals surface area contributed by atoms with Gasteiger partial charge in [0.1, 0.15) is 11.9 Å². The third-order valence-corrected chi connectivity index (χ3v) is 5.49. The standard InChI is InChI=1S/C15H19FN2O2S/c1-11(2)7-8-18(13-3-4-13)21(19,20)14-5-6-15(16)12(9-14)10-17/h5-6,9,11,13H,3-4,7-8H2,1-2H3. The van der Waals surface area contributed by atoms with E-state index in [4.69, 9.17) is 5.26 Å². The van der Waals surface area contributed by atoms with E-state index in [0.29, 0.717) is 12.5 Å². The monoisotopic (exact) mass is 310 g/mol. The number of halogens is 1. The van der Waals surface area contributed by atoms with Gasteiger partial charge in [-0.05, 0) is 43.4 Å². The molecule has 1 saturated carbocycles. The average molecular weight is 310 g/mol. The van der Waals surface area contributed by atoms with Crippen LogP contribution in [0.15, 0.2) is 23.1 Å². The SMILES string of the molecule is CC(C)CCN(C1CC1)S(=O)(=O)c1ccc(F)c(C#N)c1. The summed E-state index contributed by atoms with van der Waals surface area (Å²) in [6.07, 6.45) is 2.51. The molecule has 1 fully saturated rings. The molecule has 0 heterocycles. The lowest BCUT2D eigenvalue weighted by molar-refractivity contribution is 0.373. The zero-order chi connectivity index (χ0) is 15.6. The molecule has 0 bridgehead atoms. The predicted molar refractivity (Wildman–Crippen MR) is 77.5 cm³/mol. The lowest BCUT2D eigenvalue weighted by atomic mass is 10.1. The minimum absolute atomic E-state index is 0.00361. The molecule has 114 valence electrons. The number of benzene rings is 1. The number of hydrogen-bond acceptors (Lipinski definition) is 3. The Morgan fingerprint density at radius 3 is 2.62 bits per heavy atom. The molecule has 0 radical (unpaired) electrons. The van der Waals surface area contributed by atoms with E-state index in [1.165, 1.54) is 10.4 Å². The maximum Gasteiger partial charge on any atom is 0.243 e. The van der Waals surface area contributed by atoms with Gasteiger partial charge in [0.25, 0.3) is 0 Å². The summed E-state index contributed by atoms with van der Waals surface area (Å²) >= 11 is 0. The Bertz CT molecular complexity index is 661. The first-order chi connectivity index (χ1) is 9.86. The van der Waals surface area contributed by atoms with E-state index < -0.39 is 15.8 Å². The normalized spacial score (nSPS) is 15.4. The second-order valence-electron chi connectivity index (χ2n) is 5.78. The highest BCUT2D eigenvalue weighted by Crippen LogP contribution is 2.33. The Hall–Kier alpha value is -1.45. The van der Waals surface area contributed by atoms with Crippen molar-refractivity contribution in [1.82, 2.24) is 4.31 Å². The minimum Gasteiger partial charge on any atom is -0.207 e. The minimum atomic E-state index is -3.67. The molecule has 0 saturated heterocycles. The van der Waals surface area contributed by atoms with Gasteiger partial charge in [-0.3, -0.25) is 0 Å². The van der Waals surface area contributed by atoms with Crippen molar-refractivity contribution in [2.45, 2.75) is 44.0 Å². The molecule has 0 atom stereocenters. The summed E-state index contributed by atoms with van der Waals surface area (Å²) in [6, 6.07) is 5.12. The summed E-state index contributed by atoms with van der Waals surface area (Å²) in [5.41, 5.74) is -0.240. The van der Waals surface area contributed by atoms with Crippen LogP contribution in [0.4, 0.5) is 4.39 Å². The van der Waals surface area contributed by atoms with E-state index in [2.05, 4.69) is 0 Å². The van der Waals surface area contributed by atoms with Crippen molar-refractivity contribution in [3.8, 4) is 6.07 Å². The van der Waals surface area contributed by atoms with Crippen LogP contribution in [-0.4, -0.2) is 25.3 Å². The number of nitriles is 1. The fourth-order valence-electron chi connectivity index (χ4n) is 2.13. The molecule has 0 unspecified atom stereocenters. The van der Waals surface area contributed by atoms with Gasteiger partial charge < -0.3 is 0 Å². The van der Waals surface area contributed by atoms with E-state index in [1.54, 1.807) is 6.07 Å². The van der Waals surface area contributed by atoms with Crippen molar-refractivity contribution in [3.63, 3.8) is 0 Å². The Labute approximate surface area is 125 Å². The fraction of sp³-hybridized carbons (Fsp3) is 0.533. The summed E-state index contributed by atoms with van der Waals surface area (Å²) in [4.78, 5) is -0.00361. The van der Waals surface area contributed by atoms with Gasteiger partial charge in [0, 0.05) is 12.6 Å². The molecule has 2 rings (SSSR count). The summed E-state index contributed by atoms with van der Waals surface area (Å²) in [5, 5.41) is 8.85. The Morgan fingerprint density at radius 2 is 2.10 bits per heavy atom. The molecule has 0 aliphatic heterocycles. The van der Waals surface area contributed by atoms with Crippen LogP contribution in [0.5, 0.6) is 0 Å². The van der Waals surface area contributed by atoms with Gasteiger partial charge in [-0.2, -0.15) is 9.57 Å². The molecule has 6 heteroatoms. The zero-order valence-electron chi connectivity index (χ0n) is 12.2. The van der Waals surface area contributed by atoms with Crippen LogP contribution in [0.3, 0.4) is 0 Å². The van der Waals surface area contributed by atoms with Crippen molar-refractivity contribution in [1.29, 1.82) is 5.26 Å². The molecule has 0 aromatic heterocycles. The molecule has 0 N–H and O–H groups in total. The molecular formula is C15H19FN2O2S. The maximum atomic E-state index is 13.4. The van der Waals surface area contributed by atoms with Gasteiger partial charge in [0.05, 0.1) is 10.5 Å². The highest BCUT2D eigenvalue weighted by Gasteiger charge is 2.37. The molecule has 1 aliphatic carbocycles. The van der Waals surface area contributed by atoms with Crippen LogP contribution in [0.25, 0.3) is 0 Å². The smallest absolute Gasteiger partial charge is 0.207 e. The zero-order valence-corrected chi connectivity index (χ0v) is 13.0. The summed E-state index contributed by atoms with van der Waals surface area (Å²) in [7, 11) is -3.67. The van der Waals surface area contributed by atoms with Gasteiger partial charge in [-0.25, -0.2) is 12.8 Å². The van der Waals surface area contributed by atoms with Crippen LogP contribution in [0, 0.1) is 23.1 Å². The van der Waals surface area contributed by atoms with Crippen molar-refractivity contribution in [2.75, 3.05) is 6.54 Å². The Balaban J connectivity index is 2.32. The summed E-state index contributed by atoms with van der Waals surface area (Å²) in [5.74, 6) is -0.291. The van der Waals surface area contributed by atoms with Crippen LogP contribution < -0.4 is 0 Å². The Kier molecular flexibility index (Phi) is 4.64. The lowest BCUT2D eigenvalue weighted by Gasteiger charge is -2.23. The molecule has 1 aromatic carbocycles. The average Bonchev–Trinajstić information content (AvgIpc) is 3.23. The third kappa shape index (κ3) is 3.60. The topological polar surface area (TPSA) is 61.2 Å². The summed E-state index contributed by atoms with van der Waals surface area (Å²) in [6.45, 7) is 4.55. The van der Waals surface area contributed by atoms with E-state index in [1.807, 2.05) is 13.8 Å². The van der Waals surface area contributed by atoms with Crippen LogP contribution in [-0.2, 0) is 10.0 Å². The molecule has 1 aromatic rings. The van der Waals surface area contributed by atoms with Crippen LogP contribution in [0.1, 0.15) is 38.7 Å². The molecule has 1 aliphatic rings. The highest BCUT2D eigenvalue weighted by atomic mass is 32.2. The molecule has 21 heavy (non-hydrogen) atoms. The maximum absolute atomic E-state index is 13.4. The molecule has 0 spiro atoms. The van der Waals surface area contributed by atoms with Crippen molar-refractivity contribution < 1.29 is 12.8 Å². The van der Waals surface area contributed by atoms with Crippen LogP contribution >= 0.6 is 0 Å². The fourth-order valence-corrected chi connectivity index (χ4v) is 3.86. The molecule has 0 amide bonds. The van der Waals surface area contributed by atoms with Crippen molar-refractivity contribution in [3.05, 3.63) is 29.6 Å². The second kappa shape index (κ2) is 6.12. The number of hydrogen-bond donors (Lipinski definition) is 0. The van der Waals surface area contributed by atoms with Crippen molar-refractivity contribution in [2.24, 2.45) is 5.92 Å². The van der Waals surface area contributed by atoms with Gasteiger partial charge in [0.15, 0.2) is 0 Å². The van der Waals surface area contributed by atoms with Crippen molar-refractivity contribution >= 4 is 10.0 Å². The molecule has 4 nitrogen and oxygen atoms in total. The van der Waals surface area contributed by atoms with Gasteiger partial charge in [-0.15, -0.1) is 0 Å². The van der Waals surface area contributed by atoms with E-state index >= 15 is 0 Å². The number of sulfonamides is 1. The third-order valence-electron chi connectivity index (χ3n) is 3.55. The van der Waals surface area contributed by atoms with Gasteiger partial charge in [-0.1, -0.05) is 13.8 Å². The second-order valence-corrected chi connectivity index (χ2v) is 7.67. The van der Waals surface area contributed by atoms with Gasteiger partial charge in [0.2, 0.25) is 10.0 Å². The largest absolute Gasteiger partial charge is 0.243 e. The first-order valence-electron chi connectivity index (χ1n) is 7.07. The van der Waals surface area contributed by atoms with E-state index in [9.17, 15) is 12.8 Å².